The summed E-state index contributed by atoms with van der Waals surface area (Å²) < 4.78 is 0. The zero-order chi connectivity index (χ0) is 11.5. The van der Waals surface area contributed by atoms with Crippen molar-refractivity contribution in [3.63, 3.8) is 0 Å². The van der Waals surface area contributed by atoms with Gasteiger partial charge in [0.05, 0.1) is 6.54 Å². The average Bonchev–Trinajstić information content (AvgIpc) is 2.84. The van der Waals surface area contributed by atoms with Crippen LogP contribution in [-0.2, 0) is 11.3 Å². The lowest BCUT2D eigenvalue weighted by Crippen LogP contribution is -2.25. The molecular formula is C10H14N4O2. The van der Waals surface area contributed by atoms with Gasteiger partial charge in [0.15, 0.2) is 0 Å². The van der Waals surface area contributed by atoms with E-state index in [1.54, 1.807) is 0 Å². The number of carbonyl (C=O) groups is 1. The lowest BCUT2D eigenvalue weighted by molar-refractivity contribution is -0.117. The summed E-state index contributed by atoms with van der Waals surface area (Å²) in [7, 11) is 0. The molecule has 2 rings (SSSR count). The van der Waals surface area contributed by atoms with Crippen LogP contribution in [0.25, 0.3) is 0 Å². The van der Waals surface area contributed by atoms with E-state index in [1.807, 2.05) is 6.92 Å². The van der Waals surface area contributed by atoms with Crippen LogP contribution in [0.1, 0.15) is 32.0 Å². The first-order valence-electron chi connectivity index (χ1n) is 5.27. The Balaban J connectivity index is 1.94. The molecule has 1 aliphatic rings. The van der Waals surface area contributed by atoms with Gasteiger partial charge < -0.3 is 5.32 Å². The fourth-order valence-corrected chi connectivity index (χ4v) is 1.86. The maximum absolute atomic E-state index is 11.7. The summed E-state index contributed by atoms with van der Waals surface area (Å²) in [6.07, 6.45) is 2.89. The van der Waals surface area contributed by atoms with Gasteiger partial charge in [0, 0.05) is 5.57 Å². The highest BCUT2D eigenvalue weighted by molar-refractivity contribution is 5.94. The molecule has 0 aliphatic heterocycles. The van der Waals surface area contributed by atoms with Crippen molar-refractivity contribution in [1.82, 2.24) is 20.5 Å². The third-order valence-corrected chi connectivity index (χ3v) is 2.73. The van der Waals surface area contributed by atoms with Crippen molar-refractivity contribution in [2.24, 2.45) is 0 Å². The quantitative estimate of drug-likeness (QED) is 0.683. The van der Waals surface area contributed by atoms with Crippen molar-refractivity contribution in [3.8, 4) is 0 Å². The van der Waals surface area contributed by atoms with E-state index in [0.29, 0.717) is 5.82 Å². The summed E-state index contributed by atoms with van der Waals surface area (Å²) in [4.78, 5) is 25.0. The highest BCUT2D eigenvalue weighted by Crippen LogP contribution is 2.25. The summed E-state index contributed by atoms with van der Waals surface area (Å²) in [6, 6.07) is 0. The van der Waals surface area contributed by atoms with Crippen molar-refractivity contribution in [2.45, 2.75) is 32.7 Å². The molecule has 0 atom stereocenters. The fourth-order valence-electron chi connectivity index (χ4n) is 1.86. The van der Waals surface area contributed by atoms with Gasteiger partial charge in [-0.1, -0.05) is 5.57 Å². The summed E-state index contributed by atoms with van der Waals surface area (Å²) in [5, 5.41) is 8.69. The Morgan fingerprint density at radius 1 is 1.50 bits per heavy atom. The Labute approximate surface area is 92.1 Å². The van der Waals surface area contributed by atoms with Gasteiger partial charge in [-0.25, -0.2) is 9.89 Å². The van der Waals surface area contributed by atoms with Crippen molar-refractivity contribution < 1.29 is 4.79 Å². The normalized spacial score (nSPS) is 15.6. The van der Waals surface area contributed by atoms with E-state index >= 15 is 0 Å². The minimum absolute atomic E-state index is 0.0566. The second kappa shape index (κ2) is 4.34. The molecule has 0 saturated heterocycles. The molecule has 0 fully saturated rings. The maximum atomic E-state index is 11.7. The van der Waals surface area contributed by atoms with Crippen LogP contribution in [0.3, 0.4) is 0 Å². The van der Waals surface area contributed by atoms with Gasteiger partial charge in [-0.3, -0.25) is 9.78 Å². The van der Waals surface area contributed by atoms with Crippen LogP contribution in [0.2, 0.25) is 0 Å². The number of rotatable bonds is 3. The molecule has 6 nitrogen and oxygen atoms in total. The monoisotopic (exact) mass is 222 g/mol. The Hall–Kier alpha value is -1.85. The molecule has 0 aromatic carbocycles. The molecule has 1 aromatic heterocycles. The standard InChI is InChI=1S/C10H14N4O2/c1-6-3-2-4-7(6)9(15)11-5-8-12-10(16)14-13-8/h2-5H2,1H3,(H,11,15)(H2,12,13,14,16). The molecule has 16 heavy (non-hydrogen) atoms. The van der Waals surface area contributed by atoms with Gasteiger partial charge in [0.2, 0.25) is 5.91 Å². The Bertz CT molecular complexity index is 483. The molecule has 1 heterocycles. The maximum Gasteiger partial charge on any atom is 0.340 e. The zero-order valence-corrected chi connectivity index (χ0v) is 9.09. The van der Waals surface area contributed by atoms with E-state index in [0.717, 1.165) is 30.4 Å². The summed E-state index contributed by atoms with van der Waals surface area (Å²) in [6.45, 7) is 2.23. The third-order valence-electron chi connectivity index (χ3n) is 2.73. The Morgan fingerprint density at radius 2 is 2.31 bits per heavy atom. The number of H-pyrrole nitrogens is 2. The largest absolute Gasteiger partial charge is 0.345 e. The molecule has 0 unspecified atom stereocenters. The molecule has 86 valence electrons. The molecule has 6 heteroatoms. The minimum Gasteiger partial charge on any atom is -0.345 e. The predicted octanol–water partition coefficient (Wildman–Crippen LogP) is 0.215. The van der Waals surface area contributed by atoms with E-state index in [9.17, 15) is 9.59 Å². The van der Waals surface area contributed by atoms with E-state index in [4.69, 9.17) is 0 Å². The van der Waals surface area contributed by atoms with Gasteiger partial charge >= 0.3 is 5.69 Å². The number of aromatic nitrogens is 3. The SMILES string of the molecule is CC1=C(C(=O)NCc2n[nH]c(=O)[nH]2)CCC1. The van der Waals surface area contributed by atoms with Crippen LogP contribution >= 0.6 is 0 Å². The third kappa shape index (κ3) is 2.21. The molecular weight excluding hydrogens is 208 g/mol. The molecule has 0 radical (unpaired) electrons. The van der Waals surface area contributed by atoms with E-state index in [-0.39, 0.29) is 18.1 Å². The van der Waals surface area contributed by atoms with Crippen LogP contribution < -0.4 is 11.0 Å². The highest BCUT2D eigenvalue weighted by Gasteiger charge is 2.17. The van der Waals surface area contributed by atoms with Gasteiger partial charge in [0.1, 0.15) is 5.82 Å². The molecule has 1 aliphatic carbocycles. The van der Waals surface area contributed by atoms with Gasteiger partial charge in [-0.05, 0) is 26.2 Å². The number of nitrogens with zero attached hydrogens (tertiary/aromatic N) is 1. The van der Waals surface area contributed by atoms with Crippen molar-refractivity contribution in [3.05, 3.63) is 27.5 Å². The van der Waals surface area contributed by atoms with E-state index in [2.05, 4.69) is 20.5 Å². The van der Waals surface area contributed by atoms with E-state index in [1.165, 1.54) is 0 Å². The molecule has 1 amide bonds. The number of hydrogen-bond donors (Lipinski definition) is 3. The molecule has 0 bridgehead atoms. The summed E-state index contributed by atoms with van der Waals surface area (Å²) in [5.74, 6) is 0.383. The molecule has 0 saturated carbocycles. The van der Waals surface area contributed by atoms with Gasteiger partial charge in [-0.2, -0.15) is 5.10 Å². The first-order chi connectivity index (χ1) is 7.66. The molecule has 1 aromatic rings. The van der Waals surface area contributed by atoms with Crippen molar-refractivity contribution in [2.75, 3.05) is 0 Å². The lowest BCUT2D eigenvalue weighted by Gasteiger charge is -2.04. The summed E-state index contributed by atoms with van der Waals surface area (Å²) in [5.41, 5.74) is 1.67. The first-order valence-corrected chi connectivity index (χ1v) is 5.27. The van der Waals surface area contributed by atoms with Gasteiger partial charge in [0.25, 0.3) is 0 Å². The van der Waals surface area contributed by atoms with Gasteiger partial charge in [-0.15, -0.1) is 0 Å². The number of carbonyl (C=O) groups excluding carboxylic acids is 1. The smallest absolute Gasteiger partial charge is 0.340 e. The minimum atomic E-state index is -0.361. The highest BCUT2D eigenvalue weighted by atomic mass is 16.2. The Kier molecular flexibility index (Phi) is 2.89. The molecule has 0 spiro atoms. The predicted molar refractivity (Wildman–Crippen MR) is 57.6 cm³/mol. The second-order valence-electron chi connectivity index (χ2n) is 3.92. The van der Waals surface area contributed by atoms with Crippen molar-refractivity contribution in [1.29, 1.82) is 0 Å². The topological polar surface area (TPSA) is 90.6 Å². The number of nitrogens with one attached hydrogen (secondary N) is 3. The lowest BCUT2D eigenvalue weighted by atomic mass is 10.1. The zero-order valence-electron chi connectivity index (χ0n) is 9.09. The van der Waals surface area contributed by atoms with Crippen LogP contribution in [0.5, 0.6) is 0 Å². The number of aromatic amines is 2. The van der Waals surface area contributed by atoms with Crippen LogP contribution in [0.15, 0.2) is 15.9 Å². The van der Waals surface area contributed by atoms with Crippen LogP contribution in [0.4, 0.5) is 0 Å². The van der Waals surface area contributed by atoms with Crippen molar-refractivity contribution >= 4 is 5.91 Å². The average molecular weight is 222 g/mol. The first kappa shape index (κ1) is 10.7. The number of hydrogen-bond acceptors (Lipinski definition) is 3. The van der Waals surface area contributed by atoms with Crippen LogP contribution in [0, 0.1) is 0 Å². The molecule has 3 N–H and O–H groups in total. The van der Waals surface area contributed by atoms with Crippen LogP contribution in [-0.4, -0.2) is 21.1 Å². The Morgan fingerprint density at radius 3 is 2.88 bits per heavy atom. The number of allylic oxidation sites excluding steroid dienone is 1. The number of amides is 1. The van der Waals surface area contributed by atoms with E-state index < -0.39 is 0 Å². The fraction of sp³-hybridized carbons (Fsp3) is 0.500. The summed E-state index contributed by atoms with van der Waals surface area (Å²) >= 11 is 0. The second-order valence-corrected chi connectivity index (χ2v) is 3.92.